The minimum Gasteiger partial charge on any atom is -0.337 e. The molecule has 1 aliphatic rings. The molecule has 0 spiro atoms. The van der Waals surface area contributed by atoms with Crippen LogP contribution in [0.2, 0.25) is 0 Å². The zero-order valence-electron chi connectivity index (χ0n) is 9.40. The Balaban J connectivity index is 2.20. The largest absolute Gasteiger partial charge is 0.337 e. The van der Waals surface area contributed by atoms with Crippen molar-refractivity contribution >= 4 is 31.7 Å². The van der Waals surface area contributed by atoms with E-state index in [9.17, 15) is 17.6 Å². The molecule has 0 atom stereocenters. The van der Waals surface area contributed by atoms with E-state index in [1.807, 2.05) is 0 Å². The molecular weight excluding hydrogens is 325 g/mol. The molecule has 1 aromatic rings. The van der Waals surface area contributed by atoms with Crippen molar-refractivity contribution in [1.29, 1.82) is 0 Å². The van der Waals surface area contributed by atoms with Crippen molar-refractivity contribution in [3.8, 4) is 0 Å². The smallest absolute Gasteiger partial charge is 0.256 e. The summed E-state index contributed by atoms with van der Waals surface area (Å²) in [7, 11) is -3.05. The van der Waals surface area contributed by atoms with Crippen molar-refractivity contribution < 1.29 is 17.6 Å². The molecule has 1 amide bonds. The summed E-state index contributed by atoms with van der Waals surface area (Å²) in [5.74, 6) is -1.21. The van der Waals surface area contributed by atoms with Gasteiger partial charge in [-0.05, 0) is 28.1 Å². The van der Waals surface area contributed by atoms with E-state index in [4.69, 9.17) is 0 Å². The van der Waals surface area contributed by atoms with Crippen molar-refractivity contribution in [2.24, 2.45) is 0 Å². The standard InChI is InChI=1S/C11H11BrFNO3S/c12-9-3-1-2-8(10(9)13)11(15)14-4-6-18(16,17)7-5-14/h1-3H,4-7H2. The van der Waals surface area contributed by atoms with Crippen molar-refractivity contribution in [3.05, 3.63) is 34.1 Å². The summed E-state index contributed by atoms with van der Waals surface area (Å²) in [5.41, 5.74) is -0.0383. The van der Waals surface area contributed by atoms with Gasteiger partial charge in [0.25, 0.3) is 5.91 Å². The molecule has 1 saturated heterocycles. The first-order valence-corrected chi connectivity index (χ1v) is 7.96. The van der Waals surface area contributed by atoms with Gasteiger partial charge in [0.2, 0.25) is 0 Å². The minimum absolute atomic E-state index is 0.0383. The molecule has 1 aromatic carbocycles. The summed E-state index contributed by atoms with van der Waals surface area (Å²) in [6.07, 6.45) is 0. The molecule has 18 heavy (non-hydrogen) atoms. The van der Waals surface area contributed by atoms with Crippen molar-refractivity contribution in [1.82, 2.24) is 4.90 Å². The molecule has 0 aliphatic carbocycles. The van der Waals surface area contributed by atoms with Gasteiger partial charge in [-0.25, -0.2) is 12.8 Å². The second kappa shape index (κ2) is 4.97. The quantitative estimate of drug-likeness (QED) is 0.780. The molecule has 2 rings (SSSR count). The normalized spacial score (nSPS) is 18.7. The Labute approximate surface area is 113 Å². The average molecular weight is 336 g/mol. The third kappa shape index (κ3) is 2.72. The van der Waals surface area contributed by atoms with Crippen LogP contribution >= 0.6 is 15.9 Å². The first-order valence-electron chi connectivity index (χ1n) is 5.34. The van der Waals surface area contributed by atoms with E-state index >= 15 is 0 Å². The summed E-state index contributed by atoms with van der Waals surface area (Å²) < 4.78 is 36.5. The van der Waals surface area contributed by atoms with Gasteiger partial charge in [0.15, 0.2) is 9.84 Å². The van der Waals surface area contributed by atoms with Crippen LogP contribution in [0.25, 0.3) is 0 Å². The number of carbonyl (C=O) groups is 1. The van der Waals surface area contributed by atoms with Gasteiger partial charge >= 0.3 is 0 Å². The maximum Gasteiger partial charge on any atom is 0.256 e. The van der Waals surface area contributed by atoms with Gasteiger partial charge in [-0.3, -0.25) is 4.79 Å². The number of rotatable bonds is 1. The number of carbonyl (C=O) groups excluding carboxylic acids is 1. The summed E-state index contributed by atoms with van der Waals surface area (Å²) >= 11 is 3.01. The van der Waals surface area contributed by atoms with Gasteiger partial charge in [0.05, 0.1) is 21.5 Å². The Morgan fingerprint density at radius 2 is 1.89 bits per heavy atom. The summed E-state index contributed by atoms with van der Waals surface area (Å²) in [4.78, 5) is 13.4. The van der Waals surface area contributed by atoms with Crippen LogP contribution in [0.15, 0.2) is 22.7 Å². The lowest BCUT2D eigenvalue weighted by Gasteiger charge is -2.26. The maximum absolute atomic E-state index is 13.7. The van der Waals surface area contributed by atoms with Crippen LogP contribution in [-0.4, -0.2) is 43.8 Å². The van der Waals surface area contributed by atoms with Crippen LogP contribution in [0, 0.1) is 5.82 Å². The first kappa shape index (κ1) is 13.5. The fourth-order valence-electron chi connectivity index (χ4n) is 1.75. The molecule has 1 aliphatic heterocycles. The number of hydrogen-bond acceptors (Lipinski definition) is 3. The van der Waals surface area contributed by atoms with Gasteiger partial charge in [0, 0.05) is 13.1 Å². The van der Waals surface area contributed by atoms with E-state index in [2.05, 4.69) is 15.9 Å². The third-order valence-electron chi connectivity index (χ3n) is 2.81. The summed E-state index contributed by atoms with van der Waals surface area (Å²) in [6.45, 7) is 0.236. The molecule has 4 nitrogen and oxygen atoms in total. The van der Waals surface area contributed by atoms with E-state index in [0.29, 0.717) is 0 Å². The number of sulfone groups is 1. The number of benzene rings is 1. The lowest BCUT2D eigenvalue weighted by Crippen LogP contribution is -2.44. The van der Waals surface area contributed by atoms with E-state index in [1.54, 1.807) is 6.07 Å². The van der Waals surface area contributed by atoms with E-state index in [-0.39, 0.29) is 34.6 Å². The zero-order valence-corrected chi connectivity index (χ0v) is 11.8. The molecular formula is C11H11BrFNO3S. The molecule has 0 saturated carbocycles. The van der Waals surface area contributed by atoms with Crippen LogP contribution in [0.3, 0.4) is 0 Å². The molecule has 98 valence electrons. The molecule has 0 bridgehead atoms. The molecule has 0 aromatic heterocycles. The van der Waals surface area contributed by atoms with Crippen LogP contribution in [0.4, 0.5) is 4.39 Å². The number of hydrogen-bond donors (Lipinski definition) is 0. The first-order chi connectivity index (χ1) is 8.41. The Morgan fingerprint density at radius 3 is 2.50 bits per heavy atom. The monoisotopic (exact) mass is 335 g/mol. The number of amides is 1. The Morgan fingerprint density at radius 1 is 1.28 bits per heavy atom. The highest BCUT2D eigenvalue weighted by Crippen LogP contribution is 2.20. The molecule has 0 N–H and O–H groups in total. The van der Waals surface area contributed by atoms with Crippen LogP contribution in [-0.2, 0) is 9.84 Å². The van der Waals surface area contributed by atoms with Crippen LogP contribution in [0.5, 0.6) is 0 Å². The lowest BCUT2D eigenvalue weighted by molar-refractivity contribution is 0.0765. The van der Waals surface area contributed by atoms with E-state index < -0.39 is 21.6 Å². The number of halogens is 2. The predicted molar refractivity (Wildman–Crippen MR) is 68.7 cm³/mol. The predicted octanol–water partition coefficient (Wildman–Crippen LogP) is 1.46. The fourth-order valence-corrected chi connectivity index (χ4v) is 3.32. The van der Waals surface area contributed by atoms with E-state index in [1.165, 1.54) is 17.0 Å². The summed E-state index contributed by atoms with van der Waals surface area (Å²) in [5, 5.41) is 0. The van der Waals surface area contributed by atoms with Gasteiger partial charge < -0.3 is 4.90 Å². The molecule has 7 heteroatoms. The Bertz CT molecular complexity index is 574. The number of nitrogens with zero attached hydrogens (tertiary/aromatic N) is 1. The summed E-state index contributed by atoms with van der Waals surface area (Å²) in [6, 6.07) is 4.47. The Hall–Kier alpha value is -0.950. The van der Waals surface area contributed by atoms with Gasteiger partial charge in [-0.1, -0.05) is 6.07 Å². The van der Waals surface area contributed by atoms with Crippen molar-refractivity contribution in [2.75, 3.05) is 24.6 Å². The van der Waals surface area contributed by atoms with Crippen molar-refractivity contribution in [3.63, 3.8) is 0 Å². The van der Waals surface area contributed by atoms with Crippen LogP contribution < -0.4 is 0 Å². The van der Waals surface area contributed by atoms with Gasteiger partial charge in [-0.15, -0.1) is 0 Å². The second-order valence-electron chi connectivity index (χ2n) is 4.05. The average Bonchev–Trinajstić information content (AvgIpc) is 2.32. The van der Waals surface area contributed by atoms with Crippen molar-refractivity contribution in [2.45, 2.75) is 0 Å². The highest BCUT2D eigenvalue weighted by atomic mass is 79.9. The molecule has 1 fully saturated rings. The zero-order chi connectivity index (χ0) is 13.3. The Kier molecular flexibility index (Phi) is 3.72. The second-order valence-corrected chi connectivity index (χ2v) is 7.20. The maximum atomic E-state index is 13.7. The van der Waals surface area contributed by atoms with E-state index in [0.717, 1.165) is 0 Å². The van der Waals surface area contributed by atoms with Gasteiger partial charge in [0.1, 0.15) is 5.82 Å². The molecule has 0 unspecified atom stereocenters. The van der Waals surface area contributed by atoms with Gasteiger partial charge in [-0.2, -0.15) is 0 Å². The minimum atomic E-state index is -3.05. The molecule has 1 heterocycles. The SMILES string of the molecule is O=C(c1cccc(Br)c1F)N1CCS(=O)(=O)CC1. The fraction of sp³-hybridized carbons (Fsp3) is 0.364. The highest BCUT2D eigenvalue weighted by molar-refractivity contribution is 9.10. The third-order valence-corrected chi connectivity index (χ3v) is 5.04. The lowest BCUT2D eigenvalue weighted by atomic mass is 10.2. The van der Waals surface area contributed by atoms with Crippen LogP contribution in [0.1, 0.15) is 10.4 Å². The topological polar surface area (TPSA) is 54.5 Å². The molecule has 0 radical (unpaired) electrons. The highest BCUT2D eigenvalue weighted by Gasteiger charge is 2.27.